The number of carbonyl (C=O) groups is 2. The number of rotatable bonds is 5. The molecule has 1 N–H and O–H groups in total. The second-order valence-electron chi connectivity index (χ2n) is 7.14. The van der Waals surface area contributed by atoms with Gasteiger partial charge in [-0.2, -0.15) is 5.10 Å². The number of aryl methyl sites for hydroxylation is 2. The zero-order valence-corrected chi connectivity index (χ0v) is 16.7. The van der Waals surface area contributed by atoms with Crippen LogP contribution < -0.4 is 10.2 Å². The molecule has 0 radical (unpaired) electrons. The van der Waals surface area contributed by atoms with Gasteiger partial charge in [0.1, 0.15) is 24.0 Å². The maximum atomic E-state index is 13.8. The van der Waals surface area contributed by atoms with E-state index in [9.17, 15) is 14.0 Å². The maximum absolute atomic E-state index is 13.8. The van der Waals surface area contributed by atoms with Crippen LogP contribution in [0.4, 0.5) is 10.2 Å². The first-order valence-electron chi connectivity index (χ1n) is 9.74. The van der Waals surface area contributed by atoms with E-state index in [1.165, 1.54) is 22.0 Å². The Morgan fingerprint density at radius 3 is 2.87 bits per heavy atom. The van der Waals surface area contributed by atoms with Crippen LogP contribution in [0.15, 0.2) is 36.7 Å². The number of likely N-dealkylation sites (N-methyl/N-ethyl adjacent to an activating group) is 1. The van der Waals surface area contributed by atoms with Crippen LogP contribution in [-0.2, 0) is 24.3 Å². The Labute approximate surface area is 172 Å². The van der Waals surface area contributed by atoms with Crippen LogP contribution in [0.3, 0.4) is 0 Å². The number of carbonyl (C=O) groups excluding carboxylic acids is 2. The SMILES string of the molecule is CCc1cc2n(n1)CCC(NC(=O)c1ncn(Cc3ccccc3F)n1)C(=O)N2C. The van der Waals surface area contributed by atoms with Gasteiger partial charge in [0, 0.05) is 25.2 Å². The minimum atomic E-state index is -0.715. The van der Waals surface area contributed by atoms with E-state index in [1.54, 1.807) is 29.9 Å². The van der Waals surface area contributed by atoms with Crippen molar-refractivity contribution in [2.75, 3.05) is 11.9 Å². The van der Waals surface area contributed by atoms with E-state index in [0.29, 0.717) is 24.3 Å². The minimum absolute atomic E-state index is 0.0722. The van der Waals surface area contributed by atoms with Crippen molar-refractivity contribution >= 4 is 17.6 Å². The number of hydrogen-bond acceptors (Lipinski definition) is 5. The van der Waals surface area contributed by atoms with E-state index >= 15 is 0 Å². The summed E-state index contributed by atoms with van der Waals surface area (Å²) in [4.78, 5) is 31.0. The lowest BCUT2D eigenvalue weighted by Gasteiger charge is -2.19. The highest BCUT2D eigenvalue weighted by Crippen LogP contribution is 2.21. The number of nitrogens with zero attached hydrogens (tertiary/aromatic N) is 6. The monoisotopic (exact) mass is 411 g/mol. The molecule has 3 aromatic rings. The summed E-state index contributed by atoms with van der Waals surface area (Å²) < 4.78 is 17.0. The zero-order valence-electron chi connectivity index (χ0n) is 16.7. The van der Waals surface area contributed by atoms with E-state index in [1.807, 2.05) is 13.0 Å². The molecule has 10 heteroatoms. The van der Waals surface area contributed by atoms with Crippen molar-refractivity contribution < 1.29 is 14.0 Å². The summed E-state index contributed by atoms with van der Waals surface area (Å²) in [6.07, 6.45) is 2.55. The van der Waals surface area contributed by atoms with Crippen molar-refractivity contribution in [3.8, 4) is 0 Å². The fourth-order valence-corrected chi connectivity index (χ4v) is 3.42. The molecule has 30 heavy (non-hydrogen) atoms. The Morgan fingerprint density at radius 2 is 2.10 bits per heavy atom. The molecule has 0 saturated heterocycles. The van der Waals surface area contributed by atoms with Gasteiger partial charge in [0.05, 0.1) is 12.2 Å². The van der Waals surface area contributed by atoms with Gasteiger partial charge in [0.15, 0.2) is 0 Å². The molecule has 2 aromatic heterocycles. The molecule has 1 atom stereocenters. The molecule has 156 valence electrons. The van der Waals surface area contributed by atoms with Crippen molar-refractivity contribution in [2.45, 2.75) is 38.9 Å². The summed E-state index contributed by atoms with van der Waals surface area (Å²) >= 11 is 0. The van der Waals surface area contributed by atoms with Gasteiger partial charge in [-0.25, -0.2) is 18.7 Å². The Balaban J connectivity index is 1.44. The Kier molecular flexibility index (Phi) is 5.30. The van der Waals surface area contributed by atoms with E-state index in [0.717, 1.165) is 12.1 Å². The number of aromatic nitrogens is 5. The van der Waals surface area contributed by atoms with Gasteiger partial charge < -0.3 is 5.32 Å². The summed E-state index contributed by atoms with van der Waals surface area (Å²) in [7, 11) is 1.67. The van der Waals surface area contributed by atoms with Crippen LogP contribution in [0.2, 0.25) is 0 Å². The topological polar surface area (TPSA) is 97.9 Å². The normalized spacial score (nSPS) is 16.3. The highest BCUT2D eigenvalue weighted by atomic mass is 19.1. The molecule has 0 aliphatic carbocycles. The summed E-state index contributed by atoms with van der Waals surface area (Å²) in [6, 6.07) is 7.51. The fraction of sp³-hybridized carbons (Fsp3) is 0.350. The quantitative estimate of drug-likeness (QED) is 0.684. The predicted octanol–water partition coefficient (Wildman–Crippen LogP) is 1.39. The lowest BCUT2D eigenvalue weighted by atomic mass is 10.2. The van der Waals surface area contributed by atoms with Crippen molar-refractivity contribution in [1.82, 2.24) is 29.9 Å². The fourth-order valence-electron chi connectivity index (χ4n) is 3.42. The first-order chi connectivity index (χ1) is 14.5. The molecule has 0 spiro atoms. The van der Waals surface area contributed by atoms with Crippen LogP contribution in [0, 0.1) is 5.82 Å². The van der Waals surface area contributed by atoms with Crippen LogP contribution >= 0.6 is 0 Å². The first kappa shape index (κ1) is 19.7. The lowest BCUT2D eigenvalue weighted by molar-refractivity contribution is -0.120. The van der Waals surface area contributed by atoms with E-state index in [4.69, 9.17) is 0 Å². The number of nitrogens with one attached hydrogen (secondary N) is 1. The van der Waals surface area contributed by atoms with Gasteiger partial charge in [-0.15, -0.1) is 5.10 Å². The lowest BCUT2D eigenvalue weighted by Crippen LogP contribution is -2.47. The molecule has 3 heterocycles. The van der Waals surface area contributed by atoms with Gasteiger partial charge in [0.25, 0.3) is 11.8 Å². The summed E-state index contributed by atoms with van der Waals surface area (Å²) in [6.45, 7) is 2.66. The van der Waals surface area contributed by atoms with Crippen LogP contribution in [-0.4, -0.2) is 49.4 Å². The van der Waals surface area contributed by atoms with Crippen LogP contribution in [0.1, 0.15) is 35.2 Å². The molecule has 1 aliphatic heterocycles. The Bertz CT molecular complexity index is 1090. The van der Waals surface area contributed by atoms with Crippen molar-refractivity contribution in [2.24, 2.45) is 0 Å². The Morgan fingerprint density at radius 1 is 1.30 bits per heavy atom. The highest BCUT2D eigenvalue weighted by molar-refractivity contribution is 6.00. The highest BCUT2D eigenvalue weighted by Gasteiger charge is 2.31. The largest absolute Gasteiger partial charge is 0.337 e. The van der Waals surface area contributed by atoms with Gasteiger partial charge in [-0.1, -0.05) is 25.1 Å². The number of amides is 2. The third-order valence-corrected chi connectivity index (χ3v) is 5.11. The smallest absolute Gasteiger partial charge is 0.291 e. The summed E-state index contributed by atoms with van der Waals surface area (Å²) in [5, 5.41) is 11.3. The summed E-state index contributed by atoms with van der Waals surface area (Å²) in [5.41, 5.74) is 1.35. The Hall–Kier alpha value is -3.56. The van der Waals surface area contributed by atoms with Crippen molar-refractivity contribution in [1.29, 1.82) is 0 Å². The number of hydrogen-bond donors (Lipinski definition) is 1. The van der Waals surface area contributed by atoms with Crippen molar-refractivity contribution in [3.63, 3.8) is 0 Å². The molecule has 2 amide bonds. The third kappa shape index (κ3) is 3.80. The van der Waals surface area contributed by atoms with E-state index in [2.05, 4.69) is 20.5 Å². The second kappa shape index (κ2) is 8.05. The van der Waals surface area contributed by atoms with E-state index < -0.39 is 11.9 Å². The van der Waals surface area contributed by atoms with Crippen LogP contribution in [0.25, 0.3) is 0 Å². The average molecular weight is 411 g/mol. The number of anilines is 1. The molecule has 1 unspecified atom stereocenters. The molecule has 0 saturated carbocycles. The molecule has 0 fully saturated rings. The molecular weight excluding hydrogens is 389 g/mol. The minimum Gasteiger partial charge on any atom is -0.337 e. The van der Waals surface area contributed by atoms with Gasteiger partial charge >= 0.3 is 0 Å². The molecule has 9 nitrogen and oxygen atoms in total. The van der Waals surface area contributed by atoms with Gasteiger partial charge in [-0.3, -0.25) is 14.5 Å². The number of benzene rings is 1. The summed E-state index contributed by atoms with van der Waals surface area (Å²) in [5.74, 6) is -0.494. The second-order valence-corrected chi connectivity index (χ2v) is 7.14. The average Bonchev–Trinajstić information content (AvgIpc) is 3.36. The number of fused-ring (bicyclic) bond motifs is 1. The molecule has 0 bridgehead atoms. The predicted molar refractivity (Wildman–Crippen MR) is 106 cm³/mol. The van der Waals surface area contributed by atoms with Crippen molar-refractivity contribution in [3.05, 3.63) is 59.6 Å². The maximum Gasteiger partial charge on any atom is 0.291 e. The zero-order chi connectivity index (χ0) is 21.3. The third-order valence-electron chi connectivity index (χ3n) is 5.11. The molecular formula is C20H22FN7O2. The van der Waals surface area contributed by atoms with Gasteiger partial charge in [0.2, 0.25) is 5.82 Å². The number of halogens is 1. The van der Waals surface area contributed by atoms with Gasteiger partial charge in [-0.05, 0) is 18.9 Å². The first-order valence-corrected chi connectivity index (χ1v) is 9.74. The van der Waals surface area contributed by atoms with E-state index in [-0.39, 0.29) is 24.1 Å². The molecule has 1 aromatic carbocycles. The van der Waals surface area contributed by atoms with Crippen LogP contribution in [0.5, 0.6) is 0 Å². The molecule has 4 rings (SSSR count). The molecule has 1 aliphatic rings. The standard InChI is InChI=1S/C20H22FN7O2/c1-3-14-10-17-26(2)20(30)16(8-9-28(17)24-14)23-19(29)18-22-12-27(25-18)11-13-6-4-5-7-15(13)21/h4-7,10,12,16H,3,8-9,11H2,1-2H3,(H,23,29).